The highest BCUT2D eigenvalue weighted by Crippen LogP contribution is 2.40. The third-order valence-electron chi connectivity index (χ3n) is 10.6. The van der Waals surface area contributed by atoms with Crippen molar-refractivity contribution in [3.05, 3.63) is 95.2 Å². The minimum absolute atomic E-state index is 0.196. The SMILES string of the molecule is COc1cc(Nc2ncc3cc(-c4cc(C(=O)Nc5cc(C(C)(C)C)cc(NS(C)(=O)=O)c5OC)ccc4C)ccc3n2)ccc1C(=O)NCCC1(O)CCN(C)CC1. The van der Waals surface area contributed by atoms with Gasteiger partial charge in [0.15, 0.2) is 5.75 Å². The van der Waals surface area contributed by atoms with Crippen LogP contribution in [0.4, 0.5) is 23.0 Å². The molecule has 59 heavy (non-hydrogen) atoms. The molecular formula is C44H53N7O7S. The van der Waals surface area contributed by atoms with Gasteiger partial charge in [-0.1, -0.05) is 32.9 Å². The monoisotopic (exact) mass is 823 g/mol. The van der Waals surface area contributed by atoms with E-state index >= 15 is 0 Å². The van der Waals surface area contributed by atoms with Crippen LogP contribution in [0.5, 0.6) is 11.5 Å². The second-order valence-corrected chi connectivity index (χ2v) is 18.0. The number of piperidine rings is 1. The molecule has 0 aliphatic carbocycles. The zero-order valence-corrected chi connectivity index (χ0v) is 35.6. The zero-order chi connectivity index (χ0) is 42.7. The average molecular weight is 824 g/mol. The number of amides is 2. The maximum absolute atomic E-state index is 13.8. The number of benzene rings is 4. The van der Waals surface area contributed by atoms with Crippen LogP contribution in [0.2, 0.25) is 0 Å². The first kappa shape index (κ1) is 42.8. The molecule has 1 saturated heterocycles. The van der Waals surface area contributed by atoms with Crippen molar-refractivity contribution in [2.75, 3.05) is 62.5 Å². The highest BCUT2D eigenvalue weighted by atomic mass is 32.2. The molecule has 5 N–H and O–H groups in total. The molecule has 1 aromatic heterocycles. The predicted octanol–water partition coefficient (Wildman–Crippen LogP) is 6.86. The van der Waals surface area contributed by atoms with Crippen LogP contribution < -0.4 is 30.1 Å². The van der Waals surface area contributed by atoms with Gasteiger partial charge in [-0.2, -0.15) is 0 Å². The number of nitrogens with zero attached hydrogens (tertiary/aromatic N) is 3. The summed E-state index contributed by atoms with van der Waals surface area (Å²) in [6.07, 6.45) is 4.62. The summed E-state index contributed by atoms with van der Waals surface area (Å²) in [6, 6.07) is 19.9. The minimum Gasteiger partial charge on any atom is -0.496 e. The molecule has 0 saturated carbocycles. The van der Waals surface area contributed by atoms with Crippen LogP contribution in [0, 0.1) is 6.92 Å². The molecule has 1 fully saturated rings. The minimum atomic E-state index is -3.64. The van der Waals surface area contributed by atoms with E-state index in [-0.39, 0.29) is 22.8 Å². The normalized spacial score (nSPS) is 14.4. The number of aliphatic hydroxyl groups is 1. The molecule has 0 atom stereocenters. The smallest absolute Gasteiger partial charge is 0.255 e. The second kappa shape index (κ2) is 17.2. The second-order valence-electron chi connectivity index (χ2n) is 16.3. The number of carbonyl (C=O) groups is 2. The zero-order valence-electron chi connectivity index (χ0n) is 34.8. The number of ether oxygens (including phenoxy) is 2. The van der Waals surface area contributed by atoms with E-state index in [1.165, 1.54) is 14.2 Å². The molecule has 4 aromatic carbocycles. The summed E-state index contributed by atoms with van der Waals surface area (Å²) in [6.45, 7) is 9.96. The van der Waals surface area contributed by atoms with Crippen molar-refractivity contribution < 1.29 is 32.6 Å². The molecule has 2 amide bonds. The van der Waals surface area contributed by atoms with Crippen molar-refractivity contribution in [3.63, 3.8) is 0 Å². The average Bonchev–Trinajstić information content (AvgIpc) is 3.18. The largest absolute Gasteiger partial charge is 0.496 e. The van der Waals surface area contributed by atoms with Gasteiger partial charge in [-0.05, 0) is 109 Å². The first-order valence-corrected chi connectivity index (χ1v) is 21.3. The topological polar surface area (TPSA) is 184 Å². The first-order chi connectivity index (χ1) is 27.8. The Bertz CT molecular complexity index is 2490. The number of anilines is 4. The summed E-state index contributed by atoms with van der Waals surface area (Å²) in [5.74, 6) is 0.254. The Labute approximate surface area is 345 Å². The van der Waals surface area contributed by atoms with E-state index in [1.807, 2.05) is 65.1 Å². The van der Waals surface area contributed by atoms with Crippen LogP contribution in [0.15, 0.2) is 72.9 Å². The van der Waals surface area contributed by atoms with Crippen molar-refractivity contribution in [1.29, 1.82) is 0 Å². The fraction of sp³-hybridized carbons (Fsp3) is 0.364. The van der Waals surface area contributed by atoms with Crippen LogP contribution in [0.1, 0.15) is 71.9 Å². The van der Waals surface area contributed by atoms with Gasteiger partial charge in [0.05, 0.1) is 48.5 Å². The molecule has 6 rings (SSSR count). The maximum atomic E-state index is 13.8. The number of fused-ring (bicyclic) bond motifs is 1. The van der Waals surface area contributed by atoms with Crippen LogP contribution in [-0.4, -0.2) is 93.0 Å². The Balaban J connectivity index is 1.17. The van der Waals surface area contributed by atoms with Crippen molar-refractivity contribution in [3.8, 4) is 22.6 Å². The molecule has 0 bridgehead atoms. The number of aromatic nitrogens is 2. The van der Waals surface area contributed by atoms with E-state index < -0.39 is 21.5 Å². The van der Waals surface area contributed by atoms with Crippen LogP contribution >= 0.6 is 0 Å². The fourth-order valence-electron chi connectivity index (χ4n) is 7.05. The summed E-state index contributed by atoms with van der Waals surface area (Å²) < 4.78 is 38.1. The maximum Gasteiger partial charge on any atom is 0.255 e. The summed E-state index contributed by atoms with van der Waals surface area (Å²) >= 11 is 0. The van der Waals surface area contributed by atoms with Crippen molar-refractivity contribution in [2.45, 2.75) is 58.0 Å². The number of likely N-dealkylation sites (tertiary alicyclic amines) is 1. The fourth-order valence-corrected chi connectivity index (χ4v) is 7.61. The Morgan fingerprint density at radius 2 is 1.66 bits per heavy atom. The Morgan fingerprint density at radius 3 is 2.34 bits per heavy atom. The lowest BCUT2D eigenvalue weighted by atomic mass is 9.86. The van der Waals surface area contributed by atoms with E-state index in [0.29, 0.717) is 65.5 Å². The van der Waals surface area contributed by atoms with E-state index in [4.69, 9.17) is 14.5 Å². The molecule has 0 spiro atoms. The highest BCUT2D eigenvalue weighted by Gasteiger charge is 2.31. The number of rotatable bonds is 13. The summed E-state index contributed by atoms with van der Waals surface area (Å²) in [7, 11) is 1.33. The molecule has 0 radical (unpaired) electrons. The third kappa shape index (κ3) is 10.5. The van der Waals surface area contributed by atoms with Crippen molar-refractivity contribution >= 4 is 55.8 Å². The Morgan fingerprint density at radius 1 is 0.932 bits per heavy atom. The Kier molecular flexibility index (Phi) is 12.5. The lowest BCUT2D eigenvalue weighted by Gasteiger charge is -2.36. The number of sulfonamides is 1. The van der Waals surface area contributed by atoms with E-state index in [9.17, 15) is 23.1 Å². The van der Waals surface area contributed by atoms with Gasteiger partial charge in [-0.15, -0.1) is 0 Å². The Hall–Kier alpha value is -5.77. The summed E-state index contributed by atoms with van der Waals surface area (Å²) in [5, 5.41) is 20.7. The number of hydrogen-bond acceptors (Lipinski definition) is 11. The first-order valence-electron chi connectivity index (χ1n) is 19.4. The van der Waals surface area contributed by atoms with Crippen molar-refractivity contribution in [1.82, 2.24) is 20.2 Å². The van der Waals surface area contributed by atoms with Gasteiger partial charge in [0.25, 0.3) is 11.8 Å². The molecule has 312 valence electrons. The molecular weight excluding hydrogens is 771 g/mol. The molecule has 1 aliphatic heterocycles. The van der Waals surface area contributed by atoms with Crippen LogP contribution in [-0.2, 0) is 15.4 Å². The quantitative estimate of drug-likeness (QED) is 0.0836. The van der Waals surface area contributed by atoms with Gasteiger partial charge in [0.2, 0.25) is 16.0 Å². The number of aryl methyl sites for hydroxylation is 1. The molecule has 14 nitrogen and oxygen atoms in total. The summed E-state index contributed by atoms with van der Waals surface area (Å²) in [5.41, 5.74) is 4.98. The molecule has 2 heterocycles. The van der Waals surface area contributed by atoms with Gasteiger partial charge in [-0.25, -0.2) is 18.4 Å². The highest BCUT2D eigenvalue weighted by molar-refractivity contribution is 7.92. The third-order valence-corrected chi connectivity index (χ3v) is 11.2. The number of carbonyl (C=O) groups excluding carboxylic acids is 2. The molecule has 15 heteroatoms. The number of methoxy groups -OCH3 is 2. The molecule has 0 unspecified atom stereocenters. The number of nitrogens with one attached hydrogen (secondary N) is 4. The lowest BCUT2D eigenvalue weighted by Crippen LogP contribution is -2.44. The van der Waals surface area contributed by atoms with Crippen molar-refractivity contribution in [2.24, 2.45) is 0 Å². The van der Waals surface area contributed by atoms with Gasteiger partial charge in [0, 0.05) is 48.5 Å². The lowest BCUT2D eigenvalue weighted by molar-refractivity contribution is -0.0214. The molecule has 1 aliphatic rings. The van der Waals surface area contributed by atoms with Crippen LogP contribution in [0.3, 0.4) is 0 Å². The summed E-state index contributed by atoms with van der Waals surface area (Å²) in [4.78, 5) is 38.3. The van der Waals surface area contributed by atoms with E-state index in [2.05, 4.69) is 30.6 Å². The van der Waals surface area contributed by atoms with E-state index in [0.717, 1.165) is 47.0 Å². The van der Waals surface area contributed by atoms with E-state index in [1.54, 1.807) is 42.6 Å². The predicted molar refractivity (Wildman–Crippen MR) is 233 cm³/mol. The standard InChI is InChI=1S/C44H53N7O7S/c1-27-9-10-29(40(52)48-36-23-31(43(2,3)4)24-37(39(36)58-7)50-59(8,55)56)22-34(27)28-11-14-35-30(21-28)26-46-42(49-35)47-32-12-13-33(38(25-32)57-6)41(53)45-18-15-44(54)16-19-51(5)20-17-44/h9-14,21-26,50,54H,15-20H2,1-8H3,(H,45,53)(H,48,52)(H,46,47,49). The van der Waals surface area contributed by atoms with Gasteiger partial charge in [-0.3, -0.25) is 14.3 Å². The van der Waals surface area contributed by atoms with Gasteiger partial charge in [0.1, 0.15) is 5.75 Å². The van der Waals surface area contributed by atoms with Gasteiger partial charge >= 0.3 is 0 Å². The van der Waals surface area contributed by atoms with Crippen LogP contribution in [0.25, 0.3) is 22.0 Å². The molecule has 5 aromatic rings. The van der Waals surface area contributed by atoms with Gasteiger partial charge < -0.3 is 35.4 Å². The number of hydrogen-bond donors (Lipinski definition) is 5.